The maximum absolute atomic E-state index is 12.1. The Kier molecular flexibility index (Phi) is 11.5. The number of rotatable bonds is 8. The molecule has 6 aromatic rings. The average molecular weight is 654 g/mol. The Morgan fingerprint density at radius 2 is 1.21 bits per heavy atom. The van der Waals surface area contributed by atoms with Crippen LogP contribution in [0.4, 0.5) is 0 Å². The van der Waals surface area contributed by atoms with Gasteiger partial charge in [-0.25, -0.2) is 0 Å². The van der Waals surface area contributed by atoms with Crippen molar-refractivity contribution in [3.63, 3.8) is 0 Å². The molecule has 1 unspecified atom stereocenters. The van der Waals surface area contributed by atoms with Gasteiger partial charge in [0, 0.05) is 29.7 Å². The summed E-state index contributed by atoms with van der Waals surface area (Å²) < 4.78 is 5.35. The molecular formula is C38H36ClNO7. The van der Waals surface area contributed by atoms with E-state index in [0.717, 1.165) is 37.2 Å². The molecule has 1 atom stereocenters. The van der Waals surface area contributed by atoms with Crippen molar-refractivity contribution in [1.82, 2.24) is 5.32 Å². The van der Waals surface area contributed by atoms with Crippen molar-refractivity contribution in [2.75, 3.05) is 6.54 Å². The van der Waals surface area contributed by atoms with Gasteiger partial charge < -0.3 is 35.3 Å². The van der Waals surface area contributed by atoms with E-state index >= 15 is 0 Å². The number of halogens is 1. The van der Waals surface area contributed by atoms with Gasteiger partial charge in [0.15, 0.2) is 17.3 Å². The Morgan fingerprint density at radius 1 is 0.660 bits per heavy atom. The van der Waals surface area contributed by atoms with Crippen LogP contribution in [0.1, 0.15) is 42.0 Å². The third-order valence-corrected chi connectivity index (χ3v) is 7.76. The van der Waals surface area contributed by atoms with Crippen LogP contribution in [0.15, 0.2) is 131 Å². The van der Waals surface area contributed by atoms with Crippen LogP contribution in [0.3, 0.4) is 0 Å². The molecule has 47 heavy (non-hydrogen) atoms. The Labute approximate surface area is 278 Å². The van der Waals surface area contributed by atoms with E-state index in [0.29, 0.717) is 12.0 Å². The fraction of sp³-hybridized carbons (Fsp3) is 0.132. The molecule has 0 fully saturated rings. The van der Waals surface area contributed by atoms with Crippen molar-refractivity contribution in [3.8, 4) is 40.1 Å². The molecule has 0 saturated heterocycles. The molecule has 0 saturated carbocycles. The average Bonchev–Trinajstić information content (AvgIpc) is 3.07. The van der Waals surface area contributed by atoms with Crippen LogP contribution in [0, 0.1) is 0 Å². The van der Waals surface area contributed by atoms with E-state index < -0.39 is 22.7 Å². The van der Waals surface area contributed by atoms with E-state index in [1.807, 2.05) is 0 Å². The van der Waals surface area contributed by atoms with Crippen LogP contribution in [0.5, 0.6) is 28.7 Å². The fourth-order valence-corrected chi connectivity index (χ4v) is 5.34. The van der Waals surface area contributed by atoms with Gasteiger partial charge in [0.1, 0.15) is 22.5 Å². The van der Waals surface area contributed by atoms with Crippen molar-refractivity contribution in [3.05, 3.63) is 148 Å². The molecule has 9 heteroatoms. The number of hydrogen-bond acceptors (Lipinski definition) is 8. The number of phenolic OH excluding ortho intramolecular Hbond substituents is 4. The summed E-state index contributed by atoms with van der Waals surface area (Å²) in [5.41, 5.74) is 3.23. The summed E-state index contributed by atoms with van der Waals surface area (Å²) in [6.07, 6.45) is 1.09. The predicted molar refractivity (Wildman–Crippen MR) is 186 cm³/mol. The highest BCUT2D eigenvalue weighted by Crippen LogP contribution is 2.37. The van der Waals surface area contributed by atoms with Gasteiger partial charge in [-0.15, -0.1) is 12.4 Å². The Hall–Kier alpha value is -5.44. The number of phenols is 4. The van der Waals surface area contributed by atoms with E-state index in [-0.39, 0.29) is 46.2 Å². The molecule has 242 valence electrons. The van der Waals surface area contributed by atoms with Crippen molar-refractivity contribution in [2.45, 2.75) is 25.3 Å². The predicted octanol–water partition coefficient (Wildman–Crippen LogP) is 7.97. The molecule has 0 spiro atoms. The lowest BCUT2D eigenvalue weighted by atomic mass is 9.88. The first-order valence-electron chi connectivity index (χ1n) is 14.8. The molecule has 6 N–H and O–H groups in total. The maximum Gasteiger partial charge on any atom is 0.238 e. The molecular weight excluding hydrogens is 618 g/mol. The van der Waals surface area contributed by atoms with Gasteiger partial charge >= 0.3 is 0 Å². The van der Waals surface area contributed by atoms with Gasteiger partial charge in [0.2, 0.25) is 11.2 Å². The van der Waals surface area contributed by atoms with Crippen LogP contribution >= 0.6 is 12.4 Å². The second-order valence-corrected chi connectivity index (χ2v) is 10.9. The zero-order valence-electron chi connectivity index (χ0n) is 25.6. The van der Waals surface area contributed by atoms with Gasteiger partial charge in [-0.2, -0.15) is 0 Å². The van der Waals surface area contributed by atoms with Gasteiger partial charge in [-0.05, 0) is 54.8 Å². The van der Waals surface area contributed by atoms with Crippen LogP contribution < -0.4 is 10.7 Å². The lowest BCUT2D eigenvalue weighted by Crippen LogP contribution is -2.21. The lowest BCUT2D eigenvalue weighted by Gasteiger charge is -2.20. The number of benzene rings is 5. The third kappa shape index (κ3) is 8.24. The zero-order chi connectivity index (χ0) is 32.6. The Bertz CT molecular complexity index is 1930. The number of aromatic hydroxyl groups is 5. The summed E-state index contributed by atoms with van der Waals surface area (Å²) >= 11 is 0. The highest BCUT2D eigenvalue weighted by atomic mass is 35.5. The van der Waals surface area contributed by atoms with Gasteiger partial charge in [0.25, 0.3) is 0 Å². The number of hydrogen-bond donors (Lipinski definition) is 6. The first-order chi connectivity index (χ1) is 22.2. The normalized spacial score (nSPS) is 11.4. The van der Waals surface area contributed by atoms with Crippen molar-refractivity contribution in [2.24, 2.45) is 0 Å². The molecule has 1 aromatic heterocycles. The number of fused-ring (bicyclic) bond motifs is 1. The van der Waals surface area contributed by atoms with Crippen molar-refractivity contribution < 1.29 is 29.9 Å². The van der Waals surface area contributed by atoms with E-state index in [9.17, 15) is 30.3 Å². The first kappa shape index (κ1) is 34.4. The maximum atomic E-state index is 12.1. The van der Waals surface area contributed by atoms with Crippen LogP contribution in [-0.2, 0) is 0 Å². The minimum Gasteiger partial charge on any atom is -0.508 e. The summed E-state index contributed by atoms with van der Waals surface area (Å²) in [6.45, 7) is 3.22. The van der Waals surface area contributed by atoms with Crippen molar-refractivity contribution in [1.29, 1.82) is 0 Å². The fourth-order valence-electron chi connectivity index (χ4n) is 5.34. The molecule has 5 aromatic carbocycles. The van der Waals surface area contributed by atoms with Gasteiger partial charge in [-0.3, -0.25) is 4.79 Å². The summed E-state index contributed by atoms with van der Waals surface area (Å²) in [4.78, 5) is 12.1. The second-order valence-electron chi connectivity index (χ2n) is 10.9. The minimum absolute atomic E-state index is 0. The molecule has 0 amide bonds. The number of nitrogens with one attached hydrogen (secondary N) is 1. The highest BCUT2D eigenvalue weighted by molar-refractivity contribution is 5.88. The molecule has 0 radical (unpaired) electrons. The van der Waals surface area contributed by atoms with Gasteiger partial charge in [0.05, 0.1) is 0 Å². The monoisotopic (exact) mass is 653 g/mol. The summed E-state index contributed by atoms with van der Waals surface area (Å²) in [7, 11) is 0. The molecule has 0 aliphatic rings. The van der Waals surface area contributed by atoms with E-state index in [1.165, 1.54) is 22.8 Å². The van der Waals surface area contributed by atoms with Crippen molar-refractivity contribution >= 4 is 23.4 Å². The molecule has 1 heterocycles. The zero-order valence-corrected chi connectivity index (χ0v) is 26.4. The second kappa shape index (κ2) is 15.7. The summed E-state index contributed by atoms with van der Waals surface area (Å²) in [5.74, 6) is -2.28. The first-order valence-corrected chi connectivity index (χ1v) is 14.8. The largest absolute Gasteiger partial charge is 0.508 e. The molecule has 8 nitrogen and oxygen atoms in total. The topological polar surface area (TPSA) is 143 Å². The SMILES string of the molecule is CC(NCCC(c1ccccc1)c1ccccc1)c1ccccc1.Cl.O=c1c(O)c(-c2ccc(O)c(O)c2)oc2cc(O)cc(O)c12. The standard InChI is InChI=1S/C23H25N.C15H10O7.ClH/c1-19(20-11-5-2-6-12-20)24-18-17-23(21-13-7-3-8-14-21)22-15-9-4-10-16-22;16-7-4-10(19)12-11(5-7)22-15(14(21)13(12)20)6-1-2-8(17)9(18)3-6;/h2-16,19,23-24H,17-18H2,1H3;1-5,16-19,21H;1H. The Balaban J connectivity index is 0.000000209. The quantitative estimate of drug-likeness (QED) is 0.0908. The molecule has 0 bridgehead atoms. The van der Waals surface area contributed by atoms with Crippen LogP contribution in [-0.4, -0.2) is 32.1 Å². The Morgan fingerprint density at radius 3 is 1.77 bits per heavy atom. The molecule has 0 aliphatic carbocycles. The van der Waals surface area contributed by atoms with Gasteiger partial charge in [-0.1, -0.05) is 91.0 Å². The minimum atomic E-state index is -0.888. The smallest absolute Gasteiger partial charge is 0.238 e. The summed E-state index contributed by atoms with van der Waals surface area (Å²) in [5, 5.41) is 51.3. The third-order valence-electron chi connectivity index (χ3n) is 7.76. The summed E-state index contributed by atoms with van der Waals surface area (Å²) in [6, 6.07) is 38.3. The van der Waals surface area contributed by atoms with E-state index in [1.54, 1.807) is 0 Å². The van der Waals surface area contributed by atoms with Crippen LogP contribution in [0.25, 0.3) is 22.3 Å². The molecule has 0 aliphatic heterocycles. The van der Waals surface area contributed by atoms with E-state index in [2.05, 4.69) is 103 Å². The molecule has 6 rings (SSSR count). The van der Waals surface area contributed by atoms with E-state index in [4.69, 9.17) is 4.42 Å². The van der Waals surface area contributed by atoms with Crippen LogP contribution in [0.2, 0.25) is 0 Å². The lowest BCUT2D eigenvalue weighted by molar-refractivity contribution is 0.403. The highest BCUT2D eigenvalue weighted by Gasteiger charge is 2.19.